The minimum Gasteiger partial charge on any atom is -0.301 e. The van der Waals surface area contributed by atoms with Crippen molar-refractivity contribution < 1.29 is 9.18 Å². The molecule has 1 aliphatic carbocycles. The van der Waals surface area contributed by atoms with Gasteiger partial charge in [0.1, 0.15) is 5.82 Å². The maximum absolute atomic E-state index is 13.2. The van der Waals surface area contributed by atoms with E-state index in [1.807, 2.05) is 0 Å². The summed E-state index contributed by atoms with van der Waals surface area (Å²) >= 11 is 2.53. The predicted molar refractivity (Wildman–Crippen MR) is 85.0 cm³/mol. The summed E-state index contributed by atoms with van der Waals surface area (Å²) in [6.07, 6.45) is 2.15. The second-order valence-electron chi connectivity index (χ2n) is 5.11. The predicted octanol–water partition coefficient (Wildman–Crippen LogP) is 2.49. The molecule has 2 aromatic heterocycles. The number of anilines is 1. The van der Waals surface area contributed by atoms with Gasteiger partial charge in [-0.1, -0.05) is 23.1 Å². The Kier molecular flexibility index (Phi) is 3.69. The lowest BCUT2D eigenvalue weighted by Crippen LogP contribution is -2.14. The molecule has 118 valence electrons. The summed E-state index contributed by atoms with van der Waals surface area (Å²) in [6, 6.07) is 4.72. The molecule has 0 bridgehead atoms. The first-order chi connectivity index (χ1) is 11.2. The first-order valence-electron chi connectivity index (χ1n) is 6.95. The summed E-state index contributed by atoms with van der Waals surface area (Å²) in [5, 5.41) is 15.3. The zero-order valence-corrected chi connectivity index (χ0v) is 13.4. The normalized spacial score (nSPS) is 14.3. The Morgan fingerprint density at radius 2 is 2.35 bits per heavy atom. The Morgan fingerprint density at radius 3 is 3.17 bits per heavy atom. The van der Waals surface area contributed by atoms with Crippen LogP contribution in [-0.2, 0) is 4.79 Å². The number of tetrazole rings is 1. The highest BCUT2D eigenvalue weighted by Gasteiger charge is 2.28. The number of nitrogens with one attached hydrogen (secondary N) is 1. The van der Waals surface area contributed by atoms with E-state index in [1.54, 1.807) is 10.7 Å². The SMILES string of the molecule is O=C(CSc1nnnn1C1CC1)Nc1nc2ccc(F)cc2s1. The molecule has 1 aliphatic rings. The number of thioether (sulfide) groups is 1. The molecule has 4 rings (SSSR count). The fourth-order valence-electron chi connectivity index (χ4n) is 2.07. The molecular weight excluding hydrogens is 339 g/mol. The third-order valence-electron chi connectivity index (χ3n) is 3.28. The van der Waals surface area contributed by atoms with E-state index >= 15 is 0 Å². The Hall–Kier alpha value is -2.07. The van der Waals surface area contributed by atoms with Gasteiger partial charge in [0, 0.05) is 0 Å². The Labute approximate surface area is 138 Å². The van der Waals surface area contributed by atoms with Gasteiger partial charge in [-0.05, 0) is 41.5 Å². The third-order valence-corrected chi connectivity index (χ3v) is 5.15. The van der Waals surface area contributed by atoms with Crippen molar-refractivity contribution in [3.05, 3.63) is 24.0 Å². The first-order valence-corrected chi connectivity index (χ1v) is 8.76. The topological polar surface area (TPSA) is 85.6 Å². The summed E-state index contributed by atoms with van der Waals surface area (Å²) in [7, 11) is 0. The van der Waals surface area contributed by atoms with Crippen molar-refractivity contribution in [3.8, 4) is 0 Å². The largest absolute Gasteiger partial charge is 0.301 e. The van der Waals surface area contributed by atoms with E-state index in [0.717, 1.165) is 12.8 Å². The van der Waals surface area contributed by atoms with Crippen LogP contribution in [0, 0.1) is 5.82 Å². The highest BCUT2D eigenvalue weighted by atomic mass is 32.2. The number of halogens is 1. The van der Waals surface area contributed by atoms with Crippen LogP contribution in [0.2, 0.25) is 0 Å². The van der Waals surface area contributed by atoms with Gasteiger partial charge < -0.3 is 5.32 Å². The Bertz CT molecular complexity index is 874. The maximum Gasteiger partial charge on any atom is 0.236 e. The number of thiazole rings is 1. The van der Waals surface area contributed by atoms with Crippen molar-refractivity contribution in [2.45, 2.75) is 24.0 Å². The van der Waals surface area contributed by atoms with E-state index < -0.39 is 0 Å². The average Bonchev–Trinajstić information content (AvgIpc) is 3.12. The van der Waals surface area contributed by atoms with Gasteiger partial charge in [-0.25, -0.2) is 14.1 Å². The van der Waals surface area contributed by atoms with Gasteiger partial charge in [0.25, 0.3) is 0 Å². The molecule has 10 heteroatoms. The second-order valence-corrected chi connectivity index (χ2v) is 7.08. The smallest absolute Gasteiger partial charge is 0.236 e. The molecule has 23 heavy (non-hydrogen) atoms. The summed E-state index contributed by atoms with van der Waals surface area (Å²) in [5.74, 6) is -0.321. The highest BCUT2D eigenvalue weighted by molar-refractivity contribution is 7.99. The van der Waals surface area contributed by atoms with Gasteiger partial charge in [-0.15, -0.1) is 5.10 Å². The molecule has 0 atom stereocenters. The van der Waals surface area contributed by atoms with Crippen molar-refractivity contribution in [2.75, 3.05) is 11.1 Å². The number of carbonyl (C=O) groups is 1. The fourth-order valence-corrected chi connectivity index (χ4v) is 3.72. The lowest BCUT2D eigenvalue weighted by atomic mass is 10.3. The number of hydrogen-bond acceptors (Lipinski definition) is 7. The molecule has 1 aromatic carbocycles. The number of carbonyl (C=O) groups excluding carboxylic acids is 1. The quantitative estimate of drug-likeness (QED) is 0.712. The van der Waals surface area contributed by atoms with Crippen molar-refractivity contribution in [3.63, 3.8) is 0 Å². The van der Waals surface area contributed by atoms with Gasteiger partial charge >= 0.3 is 0 Å². The van der Waals surface area contributed by atoms with E-state index in [-0.39, 0.29) is 17.5 Å². The van der Waals surface area contributed by atoms with Crippen molar-refractivity contribution in [1.29, 1.82) is 0 Å². The molecule has 1 amide bonds. The van der Waals surface area contributed by atoms with Crippen LogP contribution in [0.25, 0.3) is 10.2 Å². The lowest BCUT2D eigenvalue weighted by Gasteiger charge is -2.02. The summed E-state index contributed by atoms with van der Waals surface area (Å²) in [6.45, 7) is 0. The standard InChI is InChI=1S/C13H11FN6OS2/c14-7-1-4-9-10(5-7)23-12(15-9)16-11(21)6-22-13-17-18-19-20(13)8-2-3-8/h1,4-5,8H,2-3,6H2,(H,15,16,21). The number of rotatable bonds is 5. The lowest BCUT2D eigenvalue weighted by molar-refractivity contribution is -0.113. The van der Waals surface area contributed by atoms with Crippen LogP contribution in [0.5, 0.6) is 0 Å². The van der Waals surface area contributed by atoms with E-state index in [0.29, 0.717) is 26.5 Å². The van der Waals surface area contributed by atoms with Crippen molar-refractivity contribution in [1.82, 2.24) is 25.2 Å². The average molecular weight is 350 g/mol. The van der Waals surface area contributed by atoms with Gasteiger partial charge in [0.05, 0.1) is 22.0 Å². The number of aromatic nitrogens is 5. The molecule has 0 saturated heterocycles. The van der Waals surface area contributed by atoms with Crippen molar-refractivity contribution >= 4 is 44.4 Å². The third kappa shape index (κ3) is 3.17. The van der Waals surface area contributed by atoms with E-state index in [2.05, 4.69) is 25.8 Å². The Morgan fingerprint density at radius 1 is 1.48 bits per heavy atom. The molecule has 0 spiro atoms. The highest BCUT2D eigenvalue weighted by Crippen LogP contribution is 2.36. The van der Waals surface area contributed by atoms with Gasteiger partial charge in [-0.2, -0.15) is 0 Å². The fraction of sp³-hybridized carbons (Fsp3) is 0.308. The molecule has 1 N–H and O–H groups in total. The van der Waals surface area contributed by atoms with Crippen molar-refractivity contribution in [2.24, 2.45) is 0 Å². The van der Waals surface area contributed by atoms with E-state index in [9.17, 15) is 9.18 Å². The number of benzene rings is 1. The molecule has 0 unspecified atom stereocenters. The summed E-state index contributed by atoms with van der Waals surface area (Å²) < 4.78 is 15.6. The maximum atomic E-state index is 13.2. The van der Waals surface area contributed by atoms with Crippen LogP contribution in [-0.4, -0.2) is 36.9 Å². The van der Waals surface area contributed by atoms with E-state index in [1.165, 1.54) is 35.2 Å². The minimum absolute atomic E-state index is 0.192. The minimum atomic E-state index is -0.318. The van der Waals surface area contributed by atoms with Crippen LogP contribution < -0.4 is 5.32 Å². The first kappa shape index (κ1) is 14.5. The number of amides is 1. The summed E-state index contributed by atoms with van der Waals surface area (Å²) in [4.78, 5) is 16.3. The molecule has 7 nitrogen and oxygen atoms in total. The molecule has 1 saturated carbocycles. The number of hydrogen-bond donors (Lipinski definition) is 1. The van der Waals surface area contributed by atoms with Crippen LogP contribution in [0.1, 0.15) is 18.9 Å². The molecule has 1 fully saturated rings. The Balaban J connectivity index is 1.39. The summed E-state index contributed by atoms with van der Waals surface area (Å²) in [5.41, 5.74) is 0.664. The second kappa shape index (κ2) is 5.85. The van der Waals surface area contributed by atoms with Crippen LogP contribution in [0.3, 0.4) is 0 Å². The molecule has 2 heterocycles. The monoisotopic (exact) mass is 350 g/mol. The number of fused-ring (bicyclic) bond motifs is 1. The molecule has 3 aromatic rings. The van der Waals surface area contributed by atoms with Crippen LogP contribution >= 0.6 is 23.1 Å². The van der Waals surface area contributed by atoms with E-state index in [4.69, 9.17) is 0 Å². The molecular formula is C13H11FN6OS2. The molecule has 0 radical (unpaired) electrons. The zero-order valence-electron chi connectivity index (χ0n) is 11.8. The molecule has 0 aliphatic heterocycles. The van der Waals surface area contributed by atoms with Gasteiger partial charge in [0.15, 0.2) is 5.13 Å². The van der Waals surface area contributed by atoms with Crippen LogP contribution in [0.4, 0.5) is 9.52 Å². The zero-order chi connectivity index (χ0) is 15.8. The number of nitrogens with zero attached hydrogens (tertiary/aromatic N) is 5. The van der Waals surface area contributed by atoms with Crippen LogP contribution in [0.15, 0.2) is 23.4 Å². The van der Waals surface area contributed by atoms with Gasteiger partial charge in [-0.3, -0.25) is 4.79 Å². The van der Waals surface area contributed by atoms with Gasteiger partial charge in [0.2, 0.25) is 11.1 Å².